The maximum absolute atomic E-state index is 5.62. The first-order valence-corrected chi connectivity index (χ1v) is 6.33. The van der Waals surface area contributed by atoms with Crippen molar-refractivity contribution < 1.29 is 0 Å². The van der Waals surface area contributed by atoms with E-state index in [1.165, 1.54) is 21.2 Å². The van der Waals surface area contributed by atoms with Gasteiger partial charge in [0.1, 0.15) is 0 Å². The van der Waals surface area contributed by atoms with Crippen LogP contribution in [0.5, 0.6) is 0 Å². The van der Waals surface area contributed by atoms with Crippen molar-refractivity contribution in [2.24, 2.45) is 5.73 Å². The fraction of sp³-hybridized carbons (Fsp3) is 0.231. The van der Waals surface area contributed by atoms with Crippen LogP contribution in [0.4, 0.5) is 0 Å². The van der Waals surface area contributed by atoms with Crippen LogP contribution in [-0.2, 0) is 6.42 Å². The first-order valence-electron chi connectivity index (χ1n) is 5.11. The van der Waals surface area contributed by atoms with Crippen molar-refractivity contribution >= 4 is 22.5 Å². The largest absolute Gasteiger partial charge is 0.330 e. The van der Waals surface area contributed by atoms with Gasteiger partial charge in [0.2, 0.25) is 0 Å². The summed E-state index contributed by atoms with van der Waals surface area (Å²) < 4.78 is 0. The van der Waals surface area contributed by atoms with Crippen molar-refractivity contribution in [3.8, 4) is 0 Å². The minimum Gasteiger partial charge on any atom is -0.330 e. The van der Waals surface area contributed by atoms with Crippen molar-refractivity contribution in [2.45, 2.75) is 11.3 Å². The highest BCUT2D eigenvalue weighted by Crippen LogP contribution is 2.24. The lowest BCUT2D eigenvalue weighted by Gasteiger charge is -2.06. The van der Waals surface area contributed by atoms with E-state index < -0.39 is 0 Å². The maximum Gasteiger partial charge on any atom is 0.00756 e. The fourth-order valence-electron chi connectivity index (χ4n) is 1.82. The lowest BCUT2D eigenvalue weighted by Crippen LogP contribution is -2.02. The molecule has 0 heterocycles. The highest BCUT2D eigenvalue weighted by Gasteiger charge is 2.00. The first-order chi connectivity index (χ1) is 7.35. The lowest BCUT2D eigenvalue weighted by molar-refractivity contribution is 0.977. The average Bonchev–Trinajstić information content (AvgIpc) is 2.29. The minimum atomic E-state index is 0.711. The molecule has 0 radical (unpaired) electrons. The van der Waals surface area contributed by atoms with Crippen LogP contribution in [0.25, 0.3) is 10.8 Å². The molecule has 2 N–H and O–H groups in total. The van der Waals surface area contributed by atoms with E-state index in [2.05, 4.69) is 42.7 Å². The van der Waals surface area contributed by atoms with Crippen LogP contribution in [0.15, 0.2) is 41.3 Å². The highest BCUT2D eigenvalue weighted by atomic mass is 32.2. The molecule has 0 aliphatic carbocycles. The third-order valence-electron chi connectivity index (χ3n) is 2.59. The fourth-order valence-corrected chi connectivity index (χ4v) is 2.26. The molecule has 2 aromatic rings. The second kappa shape index (κ2) is 4.69. The molecule has 0 amide bonds. The normalized spacial score (nSPS) is 10.8. The Morgan fingerprint density at radius 2 is 2.07 bits per heavy atom. The number of fused-ring (bicyclic) bond motifs is 1. The van der Waals surface area contributed by atoms with Gasteiger partial charge in [-0.05, 0) is 47.7 Å². The molecule has 0 aliphatic rings. The van der Waals surface area contributed by atoms with Gasteiger partial charge in [-0.1, -0.05) is 24.3 Å². The third kappa shape index (κ3) is 2.16. The molecule has 0 atom stereocenters. The second-order valence-electron chi connectivity index (χ2n) is 3.54. The van der Waals surface area contributed by atoms with E-state index in [1.807, 2.05) is 0 Å². The smallest absolute Gasteiger partial charge is 0.00756 e. The molecule has 0 saturated heterocycles. The van der Waals surface area contributed by atoms with Gasteiger partial charge in [-0.15, -0.1) is 11.8 Å². The first kappa shape index (κ1) is 10.5. The Balaban J connectivity index is 2.59. The van der Waals surface area contributed by atoms with Gasteiger partial charge in [0.05, 0.1) is 0 Å². The summed E-state index contributed by atoms with van der Waals surface area (Å²) in [5.74, 6) is 0. The zero-order valence-corrected chi connectivity index (χ0v) is 9.68. The van der Waals surface area contributed by atoms with Crippen LogP contribution in [0.2, 0.25) is 0 Å². The quantitative estimate of drug-likeness (QED) is 0.800. The van der Waals surface area contributed by atoms with Crippen LogP contribution in [0.1, 0.15) is 5.56 Å². The second-order valence-corrected chi connectivity index (χ2v) is 4.42. The number of rotatable bonds is 3. The Bertz CT molecular complexity index is 465. The van der Waals surface area contributed by atoms with Gasteiger partial charge in [-0.25, -0.2) is 0 Å². The van der Waals surface area contributed by atoms with Crippen molar-refractivity contribution in [2.75, 3.05) is 12.8 Å². The van der Waals surface area contributed by atoms with E-state index in [1.54, 1.807) is 11.8 Å². The van der Waals surface area contributed by atoms with Crippen molar-refractivity contribution in [1.29, 1.82) is 0 Å². The van der Waals surface area contributed by atoms with E-state index >= 15 is 0 Å². The SMILES string of the molecule is CSc1ccc2cccc(CCN)c2c1. The molecule has 2 rings (SSSR count). The Morgan fingerprint density at radius 3 is 2.80 bits per heavy atom. The topological polar surface area (TPSA) is 26.0 Å². The predicted octanol–water partition coefficient (Wildman–Crippen LogP) is 3.06. The number of thioether (sulfide) groups is 1. The van der Waals surface area contributed by atoms with E-state index in [-0.39, 0.29) is 0 Å². The summed E-state index contributed by atoms with van der Waals surface area (Å²) in [4.78, 5) is 1.31. The van der Waals surface area contributed by atoms with Gasteiger partial charge in [-0.2, -0.15) is 0 Å². The summed E-state index contributed by atoms with van der Waals surface area (Å²) >= 11 is 1.78. The van der Waals surface area contributed by atoms with Gasteiger partial charge in [0, 0.05) is 4.90 Å². The van der Waals surface area contributed by atoms with Gasteiger partial charge in [0.25, 0.3) is 0 Å². The zero-order chi connectivity index (χ0) is 10.7. The molecule has 0 spiro atoms. The van der Waals surface area contributed by atoms with Crippen LogP contribution >= 0.6 is 11.8 Å². The molecule has 0 saturated carbocycles. The minimum absolute atomic E-state index is 0.711. The van der Waals surface area contributed by atoms with E-state index in [0.29, 0.717) is 6.54 Å². The molecule has 0 fully saturated rings. The van der Waals surface area contributed by atoms with Gasteiger partial charge >= 0.3 is 0 Å². The van der Waals surface area contributed by atoms with Crippen LogP contribution in [0.3, 0.4) is 0 Å². The number of nitrogens with two attached hydrogens (primary N) is 1. The highest BCUT2D eigenvalue weighted by molar-refractivity contribution is 7.98. The lowest BCUT2D eigenvalue weighted by atomic mass is 10.0. The van der Waals surface area contributed by atoms with Crippen LogP contribution in [0, 0.1) is 0 Å². The zero-order valence-electron chi connectivity index (χ0n) is 8.86. The number of hydrogen-bond donors (Lipinski definition) is 1. The summed E-state index contributed by atoms with van der Waals surface area (Å²) in [6.45, 7) is 0.711. The van der Waals surface area contributed by atoms with Crippen molar-refractivity contribution in [1.82, 2.24) is 0 Å². The molecule has 0 unspecified atom stereocenters. The molecule has 0 aromatic heterocycles. The molecule has 0 bridgehead atoms. The molecule has 0 aliphatic heterocycles. The molecular weight excluding hydrogens is 202 g/mol. The molecular formula is C13H15NS. The van der Waals surface area contributed by atoms with Gasteiger partial charge in [-0.3, -0.25) is 0 Å². The summed E-state index contributed by atoms with van der Waals surface area (Å²) in [5.41, 5.74) is 6.97. The van der Waals surface area contributed by atoms with E-state index in [4.69, 9.17) is 5.73 Å². The summed E-state index contributed by atoms with van der Waals surface area (Å²) in [6, 6.07) is 13.0. The van der Waals surface area contributed by atoms with E-state index in [0.717, 1.165) is 6.42 Å². The Morgan fingerprint density at radius 1 is 1.20 bits per heavy atom. The van der Waals surface area contributed by atoms with Crippen molar-refractivity contribution in [3.63, 3.8) is 0 Å². The van der Waals surface area contributed by atoms with Gasteiger partial charge < -0.3 is 5.73 Å². The van der Waals surface area contributed by atoms with Crippen molar-refractivity contribution in [3.05, 3.63) is 42.0 Å². The summed E-state index contributed by atoms with van der Waals surface area (Å²) in [6.07, 6.45) is 3.06. The Kier molecular flexibility index (Phi) is 3.29. The molecule has 15 heavy (non-hydrogen) atoms. The predicted molar refractivity (Wildman–Crippen MR) is 68.5 cm³/mol. The maximum atomic E-state index is 5.62. The monoisotopic (exact) mass is 217 g/mol. The molecule has 78 valence electrons. The van der Waals surface area contributed by atoms with Gasteiger partial charge in [0.15, 0.2) is 0 Å². The number of hydrogen-bond acceptors (Lipinski definition) is 2. The van der Waals surface area contributed by atoms with Crippen LogP contribution < -0.4 is 5.73 Å². The summed E-state index contributed by atoms with van der Waals surface area (Å²) in [5, 5.41) is 2.65. The Hall–Kier alpha value is -0.990. The molecule has 2 aromatic carbocycles. The molecule has 2 heteroatoms. The van der Waals surface area contributed by atoms with Crippen LogP contribution in [-0.4, -0.2) is 12.8 Å². The van der Waals surface area contributed by atoms with E-state index in [9.17, 15) is 0 Å². The average molecular weight is 217 g/mol. The number of benzene rings is 2. The third-order valence-corrected chi connectivity index (χ3v) is 3.32. The molecule has 1 nitrogen and oxygen atoms in total. The Labute approximate surface area is 94.7 Å². The summed E-state index contributed by atoms with van der Waals surface area (Å²) in [7, 11) is 0. The standard InChI is InChI=1S/C13H15NS/c1-15-12-6-5-10-3-2-4-11(7-8-14)13(10)9-12/h2-6,9H,7-8,14H2,1H3.